The fraction of sp³-hybridized carbons (Fsp3) is 0.273. The van der Waals surface area contributed by atoms with Crippen LogP contribution in [0, 0.1) is 0 Å². The van der Waals surface area contributed by atoms with Crippen molar-refractivity contribution in [3.8, 4) is 28.1 Å². The molecule has 1 aromatic heterocycles. The van der Waals surface area contributed by atoms with Gasteiger partial charge in [0.1, 0.15) is 11.4 Å². The maximum Gasteiger partial charge on any atom is 0.356 e. The number of fused-ring (bicyclic) bond motifs is 3. The van der Waals surface area contributed by atoms with E-state index in [2.05, 4.69) is 24.0 Å². The molecular weight excluding hydrogens is 411 g/mol. The minimum Gasteiger partial charge on any atom is -0.482 e. The molecule has 2 N–H and O–H groups in total. The Morgan fingerprint density at radius 3 is 2.48 bits per heavy atom. The smallest absolute Gasteiger partial charge is 0.356 e. The molecule has 0 spiro atoms. The molecule has 29 heavy (non-hydrogen) atoms. The number of H-pyrrole nitrogens is 1. The number of aromatic amines is 1. The van der Waals surface area contributed by atoms with Crippen LogP contribution in [0.4, 0.5) is 0 Å². The molecule has 0 saturated carbocycles. The summed E-state index contributed by atoms with van der Waals surface area (Å²) in [5.74, 6) is -0.229. The number of nitrogens with one attached hydrogen (secondary N) is 1. The highest BCUT2D eigenvalue weighted by molar-refractivity contribution is 6.36. The molecule has 2 aromatic carbocycles. The molecule has 7 heteroatoms. The number of hydrogen-bond acceptors (Lipinski definition) is 3. The monoisotopic (exact) mass is 430 g/mol. The summed E-state index contributed by atoms with van der Waals surface area (Å²) >= 11 is 12.7. The van der Waals surface area contributed by atoms with Crippen LogP contribution in [0.1, 0.15) is 55.2 Å². The number of carbonyl (C=O) groups is 1. The van der Waals surface area contributed by atoms with E-state index in [0.29, 0.717) is 27.1 Å². The Kier molecular flexibility index (Phi) is 4.63. The molecule has 0 radical (unpaired) electrons. The highest BCUT2D eigenvalue weighted by Crippen LogP contribution is 2.52. The summed E-state index contributed by atoms with van der Waals surface area (Å²) in [5, 5.41) is 17.6. The number of benzene rings is 2. The Balaban J connectivity index is 2.08. The number of ether oxygens (including phenoxy) is 1. The molecule has 0 unspecified atom stereocenters. The zero-order valence-electron chi connectivity index (χ0n) is 16.4. The van der Waals surface area contributed by atoms with E-state index in [1.165, 1.54) is 0 Å². The molecule has 2 heterocycles. The van der Waals surface area contributed by atoms with Gasteiger partial charge in [0.25, 0.3) is 0 Å². The topological polar surface area (TPSA) is 75.2 Å². The third kappa shape index (κ3) is 3.09. The largest absolute Gasteiger partial charge is 0.482 e. The number of aromatic carboxylic acids is 1. The third-order valence-electron chi connectivity index (χ3n) is 5.21. The van der Waals surface area contributed by atoms with E-state index >= 15 is 0 Å². The van der Waals surface area contributed by atoms with Crippen LogP contribution < -0.4 is 4.74 Å². The van der Waals surface area contributed by atoms with E-state index in [1.54, 1.807) is 12.1 Å². The molecule has 1 aliphatic heterocycles. The lowest BCUT2D eigenvalue weighted by molar-refractivity contribution is 0.0665. The standard InChI is InChI=1S/C22H20Cl2N2O3/c1-10(2)12-7-8-14-18-17(19(21(27)28)26-25-18)22(3,4)29-20(14)16(12)13-6-5-11(23)9-15(13)24/h5-10H,1-4H3,(H,25,26)(H,27,28). The van der Waals surface area contributed by atoms with Crippen LogP contribution in [-0.2, 0) is 5.60 Å². The lowest BCUT2D eigenvalue weighted by atomic mass is 9.84. The minimum absolute atomic E-state index is 0.0327. The molecule has 0 aliphatic carbocycles. The Labute approximate surface area is 178 Å². The molecule has 4 rings (SSSR count). The summed E-state index contributed by atoms with van der Waals surface area (Å²) in [4.78, 5) is 11.7. The van der Waals surface area contributed by atoms with Crippen LogP contribution in [-0.4, -0.2) is 21.3 Å². The molecule has 150 valence electrons. The molecule has 5 nitrogen and oxygen atoms in total. The molecule has 0 bridgehead atoms. The SMILES string of the molecule is CC(C)c1ccc2c(c1-c1ccc(Cl)cc1Cl)OC(C)(C)c1c(C(=O)O)n[nH]c1-2. The molecule has 1 aliphatic rings. The van der Waals surface area contributed by atoms with Crippen molar-refractivity contribution >= 4 is 29.2 Å². The van der Waals surface area contributed by atoms with Gasteiger partial charge in [0, 0.05) is 21.7 Å². The van der Waals surface area contributed by atoms with Gasteiger partial charge >= 0.3 is 5.97 Å². The minimum atomic E-state index is -1.10. The predicted octanol–water partition coefficient (Wildman–Crippen LogP) is 6.50. The lowest BCUT2D eigenvalue weighted by Gasteiger charge is -2.35. The van der Waals surface area contributed by atoms with Crippen LogP contribution in [0.5, 0.6) is 5.75 Å². The molecule has 0 amide bonds. The van der Waals surface area contributed by atoms with Crippen LogP contribution in [0.15, 0.2) is 30.3 Å². The van der Waals surface area contributed by atoms with Gasteiger partial charge in [-0.1, -0.05) is 49.2 Å². The first-order valence-corrected chi connectivity index (χ1v) is 10.0. The lowest BCUT2D eigenvalue weighted by Crippen LogP contribution is -2.31. The first kappa shape index (κ1) is 19.8. The van der Waals surface area contributed by atoms with Gasteiger partial charge in [-0.15, -0.1) is 0 Å². The summed E-state index contributed by atoms with van der Waals surface area (Å²) in [6, 6.07) is 9.35. The van der Waals surface area contributed by atoms with Crippen molar-refractivity contribution in [1.29, 1.82) is 0 Å². The summed E-state index contributed by atoms with van der Waals surface area (Å²) in [7, 11) is 0. The highest BCUT2D eigenvalue weighted by atomic mass is 35.5. The summed E-state index contributed by atoms with van der Waals surface area (Å²) in [6.07, 6.45) is 0. The van der Waals surface area contributed by atoms with Gasteiger partial charge in [-0.05, 0) is 43.5 Å². The molecule has 0 saturated heterocycles. The van der Waals surface area contributed by atoms with Gasteiger partial charge in [0.2, 0.25) is 0 Å². The average Bonchev–Trinajstić information content (AvgIpc) is 3.08. The number of carboxylic acids is 1. The van der Waals surface area contributed by atoms with Gasteiger partial charge in [0.15, 0.2) is 5.69 Å². The van der Waals surface area contributed by atoms with E-state index in [-0.39, 0.29) is 11.6 Å². The number of rotatable bonds is 3. The average molecular weight is 431 g/mol. The van der Waals surface area contributed by atoms with Crippen molar-refractivity contribution in [1.82, 2.24) is 10.2 Å². The fourth-order valence-electron chi connectivity index (χ4n) is 3.94. The van der Waals surface area contributed by atoms with Crippen molar-refractivity contribution in [3.05, 3.63) is 57.2 Å². The van der Waals surface area contributed by atoms with Gasteiger partial charge in [-0.2, -0.15) is 5.10 Å². The normalized spacial score (nSPS) is 14.3. The summed E-state index contributed by atoms with van der Waals surface area (Å²) in [5.41, 5.74) is 3.77. The second-order valence-electron chi connectivity index (χ2n) is 7.93. The zero-order valence-corrected chi connectivity index (χ0v) is 17.9. The first-order valence-electron chi connectivity index (χ1n) is 9.25. The maximum atomic E-state index is 11.7. The summed E-state index contributed by atoms with van der Waals surface area (Å²) < 4.78 is 6.44. The van der Waals surface area contributed by atoms with E-state index < -0.39 is 11.6 Å². The number of aromatic nitrogens is 2. The number of carboxylic acid groups (broad SMARTS) is 1. The second-order valence-corrected chi connectivity index (χ2v) is 8.77. The van der Waals surface area contributed by atoms with E-state index in [0.717, 1.165) is 22.3 Å². The zero-order chi connectivity index (χ0) is 21.1. The van der Waals surface area contributed by atoms with Gasteiger partial charge in [-0.3, -0.25) is 5.10 Å². The second kappa shape index (κ2) is 6.78. The Morgan fingerprint density at radius 1 is 1.17 bits per heavy atom. The predicted molar refractivity (Wildman–Crippen MR) is 114 cm³/mol. The quantitative estimate of drug-likeness (QED) is 0.496. The molecular formula is C22H20Cl2N2O3. The van der Waals surface area contributed by atoms with E-state index in [9.17, 15) is 9.90 Å². The number of hydrogen-bond donors (Lipinski definition) is 2. The van der Waals surface area contributed by atoms with E-state index in [4.69, 9.17) is 27.9 Å². The maximum absolute atomic E-state index is 11.7. The van der Waals surface area contributed by atoms with Gasteiger partial charge in [-0.25, -0.2) is 4.79 Å². The van der Waals surface area contributed by atoms with Crippen LogP contribution in [0.25, 0.3) is 22.4 Å². The van der Waals surface area contributed by atoms with Crippen molar-refractivity contribution in [2.45, 2.75) is 39.2 Å². The van der Waals surface area contributed by atoms with Crippen molar-refractivity contribution in [2.75, 3.05) is 0 Å². The van der Waals surface area contributed by atoms with Crippen molar-refractivity contribution in [3.63, 3.8) is 0 Å². The fourth-order valence-corrected chi connectivity index (χ4v) is 4.44. The van der Waals surface area contributed by atoms with Crippen LogP contribution in [0.2, 0.25) is 10.0 Å². The first-order chi connectivity index (χ1) is 13.6. The van der Waals surface area contributed by atoms with E-state index in [1.807, 2.05) is 32.0 Å². The Hall–Kier alpha value is -2.50. The third-order valence-corrected chi connectivity index (χ3v) is 5.76. The molecule has 3 aromatic rings. The Bertz CT molecular complexity index is 1150. The van der Waals surface area contributed by atoms with Crippen molar-refractivity contribution in [2.24, 2.45) is 0 Å². The van der Waals surface area contributed by atoms with Crippen molar-refractivity contribution < 1.29 is 14.6 Å². The van der Waals surface area contributed by atoms with Gasteiger partial charge < -0.3 is 9.84 Å². The molecule has 0 fully saturated rings. The highest BCUT2D eigenvalue weighted by Gasteiger charge is 2.41. The van der Waals surface area contributed by atoms with Crippen LogP contribution >= 0.6 is 23.2 Å². The molecule has 0 atom stereocenters. The van der Waals surface area contributed by atoms with Gasteiger partial charge in [0.05, 0.1) is 16.3 Å². The summed E-state index contributed by atoms with van der Waals surface area (Å²) in [6.45, 7) is 7.89. The number of nitrogens with zero attached hydrogens (tertiary/aromatic N) is 1. The Morgan fingerprint density at radius 2 is 1.86 bits per heavy atom. The van der Waals surface area contributed by atoms with Crippen LogP contribution in [0.3, 0.4) is 0 Å². The number of halogens is 2.